The second-order valence-electron chi connectivity index (χ2n) is 5.37. The average Bonchev–Trinajstić information content (AvgIpc) is 2.86. The van der Waals surface area contributed by atoms with Gasteiger partial charge >= 0.3 is 0 Å². The summed E-state index contributed by atoms with van der Waals surface area (Å²) < 4.78 is 5.49. The zero-order valence-corrected chi connectivity index (χ0v) is 11.1. The Balaban J connectivity index is 1.99. The van der Waals surface area contributed by atoms with Crippen LogP contribution in [0.4, 0.5) is 0 Å². The van der Waals surface area contributed by atoms with Gasteiger partial charge in [0.2, 0.25) is 0 Å². The van der Waals surface area contributed by atoms with Crippen LogP contribution in [0.5, 0.6) is 0 Å². The van der Waals surface area contributed by atoms with Crippen molar-refractivity contribution in [1.82, 2.24) is 0 Å². The van der Waals surface area contributed by atoms with Crippen molar-refractivity contribution in [3.05, 3.63) is 23.7 Å². The molecule has 17 heavy (non-hydrogen) atoms. The molecule has 0 spiro atoms. The van der Waals surface area contributed by atoms with Crippen LogP contribution >= 0.6 is 0 Å². The van der Waals surface area contributed by atoms with E-state index in [-0.39, 0.29) is 6.04 Å². The molecule has 1 saturated carbocycles. The van der Waals surface area contributed by atoms with Crippen LogP contribution in [-0.4, -0.2) is 0 Å². The summed E-state index contributed by atoms with van der Waals surface area (Å²) >= 11 is 0. The van der Waals surface area contributed by atoms with Gasteiger partial charge in [-0.3, -0.25) is 0 Å². The van der Waals surface area contributed by atoms with Gasteiger partial charge < -0.3 is 10.2 Å². The highest BCUT2D eigenvalue weighted by molar-refractivity contribution is 5.22. The molecule has 0 saturated heterocycles. The Kier molecular flexibility index (Phi) is 4.27. The van der Waals surface area contributed by atoms with Crippen molar-refractivity contribution in [3.8, 4) is 0 Å². The lowest BCUT2D eigenvalue weighted by Crippen LogP contribution is -2.26. The van der Waals surface area contributed by atoms with Gasteiger partial charge in [-0.1, -0.05) is 33.1 Å². The summed E-state index contributed by atoms with van der Waals surface area (Å²) in [5.41, 5.74) is 7.66. The predicted octanol–water partition coefficient (Wildman–Crippen LogP) is 4.06. The lowest BCUT2D eigenvalue weighted by atomic mass is 9.76. The summed E-state index contributed by atoms with van der Waals surface area (Å²) in [6, 6.07) is 2.25. The SMILES string of the molecule is CCc1occc1C(N)C1CCC(CC)CC1. The van der Waals surface area contributed by atoms with E-state index in [0.29, 0.717) is 5.92 Å². The molecule has 0 aliphatic heterocycles. The van der Waals surface area contributed by atoms with E-state index in [1.165, 1.54) is 37.7 Å². The number of hydrogen-bond acceptors (Lipinski definition) is 2. The highest BCUT2D eigenvalue weighted by atomic mass is 16.3. The summed E-state index contributed by atoms with van der Waals surface area (Å²) in [7, 11) is 0. The molecule has 1 aromatic rings. The van der Waals surface area contributed by atoms with Gasteiger partial charge in [0.25, 0.3) is 0 Å². The number of rotatable bonds is 4. The monoisotopic (exact) mass is 235 g/mol. The molecule has 1 heterocycles. The Labute approximate surface area is 105 Å². The molecule has 2 heteroatoms. The third-order valence-corrected chi connectivity index (χ3v) is 4.44. The minimum atomic E-state index is 0.182. The van der Waals surface area contributed by atoms with Crippen LogP contribution in [0.1, 0.15) is 63.3 Å². The molecule has 1 atom stereocenters. The maximum atomic E-state index is 6.42. The Morgan fingerprint density at radius 3 is 2.59 bits per heavy atom. The molecule has 2 nitrogen and oxygen atoms in total. The van der Waals surface area contributed by atoms with Gasteiger partial charge in [-0.15, -0.1) is 0 Å². The highest BCUT2D eigenvalue weighted by Crippen LogP contribution is 2.37. The van der Waals surface area contributed by atoms with E-state index < -0.39 is 0 Å². The largest absolute Gasteiger partial charge is 0.469 e. The van der Waals surface area contributed by atoms with E-state index in [4.69, 9.17) is 10.2 Å². The summed E-state index contributed by atoms with van der Waals surface area (Å²) in [5, 5.41) is 0. The zero-order chi connectivity index (χ0) is 12.3. The van der Waals surface area contributed by atoms with Crippen LogP contribution in [0.25, 0.3) is 0 Å². The van der Waals surface area contributed by atoms with Gasteiger partial charge in [-0.25, -0.2) is 0 Å². The molecule has 1 aromatic heterocycles. The van der Waals surface area contributed by atoms with Crippen LogP contribution in [0.15, 0.2) is 16.7 Å². The molecule has 2 N–H and O–H groups in total. The molecule has 0 radical (unpaired) electrons. The lowest BCUT2D eigenvalue weighted by molar-refractivity contribution is 0.238. The molecule has 1 aliphatic carbocycles. The first kappa shape index (κ1) is 12.7. The smallest absolute Gasteiger partial charge is 0.108 e. The topological polar surface area (TPSA) is 39.2 Å². The minimum absolute atomic E-state index is 0.182. The zero-order valence-electron chi connectivity index (χ0n) is 11.1. The van der Waals surface area contributed by atoms with Crippen molar-refractivity contribution in [2.45, 2.75) is 58.4 Å². The molecule has 0 amide bonds. The quantitative estimate of drug-likeness (QED) is 0.854. The van der Waals surface area contributed by atoms with E-state index in [9.17, 15) is 0 Å². The van der Waals surface area contributed by atoms with Crippen molar-refractivity contribution >= 4 is 0 Å². The van der Waals surface area contributed by atoms with Gasteiger partial charge in [-0.05, 0) is 30.7 Å². The maximum Gasteiger partial charge on any atom is 0.108 e. The number of hydrogen-bond donors (Lipinski definition) is 1. The van der Waals surface area contributed by atoms with Gasteiger partial charge in [0.05, 0.1) is 6.26 Å². The second-order valence-corrected chi connectivity index (χ2v) is 5.37. The van der Waals surface area contributed by atoms with Crippen LogP contribution in [-0.2, 0) is 6.42 Å². The van der Waals surface area contributed by atoms with Gasteiger partial charge in [-0.2, -0.15) is 0 Å². The summed E-state index contributed by atoms with van der Waals surface area (Å²) in [6.45, 7) is 4.43. The van der Waals surface area contributed by atoms with Crippen molar-refractivity contribution in [3.63, 3.8) is 0 Å². The number of aryl methyl sites for hydroxylation is 1. The fraction of sp³-hybridized carbons (Fsp3) is 0.733. The van der Waals surface area contributed by atoms with Gasteiger partial charge in [0.1, 0.15) is 5.76 Å². The van der Waals surface area contributed by atoms with Crippen LogP contribution < -0.4 is 5.73 Å². The molecule has 96 valence electrons. The number of nitrogens with two attached hydrogens (primary N) is 1. The van der Waals surface area contributed by atoms with Crippen LogP contribution in [0.2, 0.25) is 0 Å². The Morgan fingerprint density at radius 1 is 1.29 bits per heavy atom. The second kappa shape index (κ2) is 5.72. The van der Waals surface area contributed by atoms with E-state index in [1.807, 2.05) is 0 Å². The van der Waals surface area contributed by atoms with Crippen molar-refractivity contribution in [1.29, 1.82) is 0 Å². The van der Waals surface area contributed by atoms with E-state index in [2.05, 4.69) is 19.9 Å². The molecular formula is C15H25NO. The Bertz CT molecular complexity index is 336. The fourth-order valence-electron chi connectivity index (χ4n) is 3.14. The molecule has 0 bridgehead atoms. The molecule has 1 fully saturated rings. The molecule has 1 aliphatic rings. The molecule has 1 unspecified atom stereocenters. The Morgan fingerprint density at radius 2 is 2.00 bits per heavy atom. The van der Waals surface area contributed by atoms with E-state index in [0.717, 1.165) is 18.1 Å². The van der Waals surface area contributed by atoms with Gasteiger partial charge in [0, 0.05) is 18.0 Å². The van der Waals surface area contributed by atoms with Gasteiger partial charge in [0.15, 0.2) is 0 Å². The van der Waals surface area contributed by atoms with Crippen molar-refractivity contribution in [2.75, 3.05) is 0 Å². The van der Waals surface area contributed by atoms with Crippen LogP contribution in [0, 0.1) is 11.8 Å². The maximum absolute atomic E-state index is 6.42. The lowest BCUT2D eigenvalue weighted by Gasteiger charge is -2.31. The first-order chi connectivity index (χ1) is 8.26. The normalized spacial score (nSPS) is 27.0. The molecular weight excluding hydrogens is 210 g/mol. The fourth-order valence-corrected chi connectivity index (χ4v) is 3.14. The summed E-state index contributed by atoms with van der Waals surface area (Å²) in [6.07, 6.45) is 9.34. The minimum Gasteiger partial charge on any atom is -0.469 e. The summed E-state index contributed by atoms with van der Waals surface area (Å²) in [4.78, 5) is 0. The van der Waals surface area contributed by atoms with Crippen molar-refractivity contribution < 1.29 is 4.42 Å². The van der Waals surface area contributed by atoms with E-state index in [1.54, 1.807) is 6.26 Å². The predicted molar refractivity (Wildman–Crippen MR) is 70.8 cm³/mol. The van der Waals surface area contributed by atoms with Crippen molar-refractivity contribution in [2.24, 2.45) is 17.6 Å². The summed E-state index contributed by atoms with van der Waals surface area (Å²) in [5.74, 6) is 2.67. The standard InChI is InChI=1S/C15H25NO/c1-3-11-5-7-12(8-6-11)15(16)13-9-10-17-14(13)4-2/h9-12,15H,3-8,16H2,1-2H3. The first-order valence-electron chi connectivity index (χ1n) is 7.08. The average molecular weight is 235 g/mol. The molecule has 2 rings (SSSR count). The highest BCUT2D eigenvalue weighted by Gasteiger charge is 2.27. The third-order valence-electron chi connectivity index (χ3n) is 4.44. The van der Waals surface area contributed by atoms with Crippen LogP contribution in [0.3, 0.4) is 0 Å². The third kappa shape index (κ3) is 2.74. The van der Waals surface area contributed by atoms with E-state index >= 15 is 0 Å². The first-order valence-corrected chi connectivity index (χ1v) is 7.08. The number of furan rings is 1. The Hall–Kier alpha value is -0.760. The molecule has 0 aromatic carbocycles.